The summed E-state index contributed by atoms with van der Waals surface area (Å²) in [4.78, 5) is 48.7. The monoisotopic (exact) mass is 362 g/mol. The zero-order chi connectivity index (χ0) is 19.1. The zero-order valence-corrected chi connectivity index (χ0v) is 15.5. The smallest absolute Gasteiger partial charge is 0.342 e. The number of carbonyl (C=O) groups is 3. The molecule has 26 heavy (non-hydrogen) atoms. The second-order valence-electron chi connectivity index (χ2n) is 6.89. The minimum atomic E-state index is -0.801. The first kappa shape index (κ1) is 19.8. The number of hydrogen-bond acceptors (Lipinski definition) is 5. The Balaban J connectivity index is 1.85. The predicted molar refractivity (Wildman–Crippen MR) is 94.9 cm³/mol. The molecule has 142 valence electrons. The first-order valence-electron chi connectivity index (χ1n) is 8.85. The molecule has 7 heteroatoms. The van der Waals surface area contributed by atoms with E-state index in [1.54, 1.807) is 11.9 Å². The molecule has 0 spiro atoms. The molecule has 1 fully saturated rings. The topological polar surface area (TPSA) is 76.2 Å². The number of amides is 2. The van der Waals surface area contributed by atoms with Crippen LogP contribution in [0.5, 0.6) is 0 Å². The standard InChI is InChI=1S/C19H26N2O5/c1-14(2)13-16-18(23)20(3)11-12-21(16)19(24)26-25-17(22)10-9-15-7-5-4-6-8-15/h4-8,14,16H,9-13H2,1-3H3/t16-/m0/s1. The summed E-state index contributed by atoms with van der Waals surface area (Å²) in [7, 11) is 1.71. The third kappa shape index (κ3) is 5.47. The molecule has 0 radical (unpaired) electrons. The normalized spacial score (nSPS) is 17.4. The molecule has 1 aromatic carbocycles. The van der Waals surface area contributed by atoms with Gasteiger partial charge in [0.15, 0.2) is 0 Å². The molecule has 1 aliphatic rings. The summed E-state index contributed by atoms with van der Waals surface area (Å²) in [5.41, 5.74) is 0.998. The van der Waals surface area contributed by atoms with Crippen LogP contribution < -0.4 is 0 Å². The van der Waals surface area contributed by atoms with E-state index in [1.807, 2.05) is 44.2 Å². The van der Waals surface area contributed by atoms with Gasteiger partial charge in [0, 0.05) is 20.1 Å². The van der Waals surface area contributed by atoms with Crippen molar-refractivity contribution >= 4 is 18.0 Å². The third-order valence-electron chi connectivity index (χ3n) is 4.31. The van der Waals surface area contributed by atoms with E-state index in [0.29, 0.717) is 25.9 Å². The van der Waals surface area contributed by atoms with Gasteiger partial charge >= 0.3 is 12.1 Å². The average Bonchev–Trinajstić information content (AvgIpc) is 2.62. The fourth-order valence-electron chi connectivity index (χ4n) is 2.87. The number of benzene rings is 1. The van der Waals surface area contributed by atoms with Crippen LogP contribution in [0.15, 0.2) is 30.3 Å². The largest absolute Gasteiger partial charge is 0.453 e. The lowest BCUT2D eigenvalue weighted by molar-refractivity contribution is -0.238. The highest BCUT2D eigenvalue weighted by Gasteiger charge is 2.37. The summed E-state index contributed by atoms with van der Waals surface area (Å²) in [5, 5.41) is 0. The van der Waals surface area contributed by atoms with Crippen LogP contribution in [0.1, 0.15) is 32.3 Å². The van der Waals surface area contributed by atoms with Crippen LogP contribution in [-0.2, 0) is 25.8 Å². The molecule has 1 atom stereocenters. The van der Waals surface area contributed by atoms with E-state index in [1.165, 1.54) is 4.90 Å². The Morgan fingerprint density at radius 2 is 1.85 bits per heavy atom. The first-order valence-corrected chi connectivity index (χ1v) is 8.85. The number of carbonyl (C=O) groups excluding carboxylic acids is 3. The van der Waals surface area contributed by atoms with Gasteiger partial charge in [-0.3, -0.25) is 9.69 Å². The summed E-state index contributed by atoms with van der Waals surface area (Å²) < 4.78 is 0. The van der Waals surface area contributed by atoms with Crippen molar-refractivity contribution in [2.45, 2.75) is 39.2 Å². The zero-order valence-electron chi connectivity index (χ0n) is 15.5. The lowest BCUT2D eigenvalue weighted by Gasteiger charge is -2.38. The minimum absolute atomic E-state index is 0.106. The second kappa shape index (κ2) is 9.22. The van der Waals surface area contributed by atoms with E-state index in [-0.39, 0.29) is 18.2 Å². The Bertz CT molecular complexity index is 632. The number of hydrogen-bond donors (Lipinski definition) is 0. The number of aryl methyl sites for hydroxylation is 1. The minimum Gasteiger partial charge on any atom is -0.342 e. The van der Waals surface area contributed by atoms with E-state index in [0.717, 1.165) is 5.56 Å². The summed E-state index contributed by atoms with van der Waals surface area (Å²) in [6.45, 7) is 4.73. The van der Waals surface area contributed by atoms with Gasteiger partial charge in [0.05, 0.1) is 6.42 Å². The molecule has 0 saturated carbocycles. The Hall–Kier alpha value is -2.57. The maximum Gasteiger partial charge on any atom is 0.453 e. The highest BCUT2D eigenvalue weighted by atomic mass is 17.2. The lowest BCUT2D eigenvalue weighted by Crippen LogP contribution is -2.58. The van der Waals surface area contributed by atoms with Crippen molar-refractivity contribution in [1.82, 2.24) is 9.80 Å². The summed E-state index contributed by atoms with van der Waals surface area (Å²) >= 11 is 0. The van der Waals surface area contributed by atoms with Crippen molar-refractivity contribution in [3.05, 3.63) is 35.9 Å². The molecule has 1 aliphatic heterocycles. The van der Waals surface area contributed by atoms with Gasteiger partial charge in [-0.15, -0.1) is 0 Å². The van der Waals surface area contributed by atoms with E-state index in [4.69, 9.17) is 4.89 Å². The van der Waals surface area contributed by atoms with Crippen molar-refractivity contribution in [2.24, 2.45) is 5.92 Å². The van der Waals surface area contributed by atoms with Crippen LogP contribution in [-0.4, -0.2) is 53.9 Å². The van der Waals surface area contributed by atoms with E-state index < -0.39 is 18.1 Å². The SMILES string of the molecule is CC(C)C[C@H]1C(=O)N(C)CCN1C(=O)OOC(=O)CCc1ccccc1. The maximum atomic E-state index is 12.3. The Morgan fingerprint density at radius 1 is 1.15 bits per heavy atom. The van der Waals surface area contributed by atoms with Gasteiger partial charge in [-0.2, -0.15) is 0 Å². The highest BCUT2D eigenvalue weighted by molar-refractivity contribution is 5.86. The van der Waals surface area contributed by atoms with Crippen LogP contribution in [0.3, 0.4) is 0 Å². The average molecular weight is 362 g/mol. The number of rotatable bonds is 5. The van der Waals surface area contributed by atoms with Crippen LogP contribution in [0.2, 0.25) is 0 Å². The summed E-state index contributed by atoms with van der Waals surface area (Å²) in [5.74, 6) is -0.514. The fraction of sp³-hybridized carbons (Fsp3) is 0.526. The number of nitrogens with zero attached hydrogens (tertiary/aromatic N) is 2. The summed E-state index contributed by atoms with van der Waals surface area (Å²) in [6.07, 6.45) is 0.333. The van der Waals surface area contributed by atoms with Crippen molar-refractivity contribution < 1.29 is 24.2 Å². The Morgan fingerprint density at radius 3 is 2.50 bits per heavy atom. The molecular weight excluding hydrogens is 336 g/mol. The maximum absolute atomic E-state index is 12.3. The third-order valence-corrected chi connectivity index (χ3v) is 4.31. The van der Waals surface area contributed by atoms with Crippen LogP contribution in [0.4, 0.5) is 4.79 Å². The van der Waals surface area contributed by atoms with Crippen LogP contribution in [0.25, 0.3) is 0 Å². The van der Waals surface area contributed by atoms with Gasteiger partial charge < -0.3 is 4.90 Å². The van der Waals surface area contributed by atoms with Gasteiger partial charge in [-0.1, -0.05) is 44.2 Å². The lowest BCUT2D eigenvalue weighted by atomic mass is 10.00. The van der Waals surface area contributed by atoms with Crippen molar-refractivity contribution in [2.75, 3.05) is 20.1 Å². The predicted octanol–water partition coefficient (Wildman–Crippen LogP) is 2.40. The summed E-state index contributed by atoms with van der Waals surface area (Å²) in [6, 6.07) is 8.90. The molecule has 0 aromatic heterocycles. The number of likely N-dealkylation sites (N-methyl/N-ethyl adjacent to an activating group) is 1. The van der Waals surface area contributed by atoms with Gasteiger partial charge in [0.25, 0.3) is 0 Å². The van der Waals surface area contributed by atoms with E-state index >= 15 is 0 Å². The quantitative estimate of drug-likeness (QED) is 0.594. The van der Waals surface area contributed by atoms with Crippen molar-refractivity contribution in [3.8, 4) is 0 Å². The Labute approximate surface area is 153 Å². The van der Waals surface area contributed by atoms with E-state index in [9.17, 15) is 14.4 Å². The first-order chi connectivity index (χ1) is 12.4. The fourth-order valence-corrected chi connectivity index (χ4v) is 2.87. The van der Waals surface area contributed by atoms with Gasteiger partial charge in [0.1, 0.15) is 6.04 Å². The second-order valence-corrected chi connectivity index (χ2v) is 6.89. The highest BCUT2D eigenvalue weighted by Crippen LogP contribution is 2.19. The molecule has 0 N–H and O–H groups in total. The van der Waals surface area contributed by atoms with Gasteiger partial charge in [0.2, 0.25) is 5.91 Å². The molecule has 1 aromatic rings. The van der Waals surface area contributed by atoms with Crippen molar-refractivity contribution in [3.63, 3.8) is 0 Å². The van der Waals surface area contributed by atoms with Crippen molar-refractivity contribution in [1.29, 1.82) is 0 Å². The number of piperazine rings is 1. The van der Waals surface area contributed by atoms with Gasteiger partial charge in [-0.05, 0) is 24.3 Å². The molecule has 7 nitrogen and oxygen atoms in total. The Kier molecular flexibility index (Phi) is 7.00. The molecule has 0 bridgehead atoms. The molecule has 0 unspecified atom stereocenters. The molecule has 1 heterocycles. The van der Waals surface area contributed by atoms with Crippen LogP contribution in [0, 0.1) is 5.92 Å². The molecule has 1 saturated heterocycles. The molecule has 0 aliphatic carbocycles. The van der Waals surface area contributed by atoms with E-state index in [2.05, 4.69) is 4.89 Å². The molecular formula is C19H26N2O5. The van der Waals surface area contributed by atoms with Gasteiger partial charge in [-0.25, -0.2) is 19.4 Å². The van der Waals surface area contributed by atoms with Crippen LogP contribution >= 0.6 is 0 Å². The molecule has 2 amide bonds. The molecule has 2 rings (SSSR count).